The van der Waals surface area contributed by atoms with Crippen molar-refractivity contribution >= 4 is 5.78 Å². The predicted molar refractivity (Wildman–Crippen MR) is 76.6 cm³/mol. The van der Waals surface area contributed by atoms with Gasteiger partial charge in [0, 0.05) is 18.6 Å². The van der Waals surface area contributed by atoms with Crippen LogP contribution >= 0.6 is 0 Å². The number of aliphatic hydroxyl groups excluding tert-OH is 1. The highest BCUT2D eigenvalue weighted by atomic mass is 16.3. The third-order valence-electron chi connectivity index (χ3n) is 3.11. The summed E-state index contributed by atoms with van der Waals surface area (Å²) >= 11 is 0. The van der Waals surface area contributed by atoms with E-state index in [1.165, 1.54) is 0 Å². The van der Waals surface area contributed by atoms with Crippen molar-refractivity contribution in [3.05, 3.63) is 0 Å². The number of ketones is 1. The van der Waals surface area contributed by atoms with E-state index in [0.717, 1.165) is 13.0 Å². The largest absolute Gasteiger partial charge is 0.396 e. The molecule has 108 valence electrons. The second-order valence-electron chi connectivity index (χ2n) is 7.94. The van der Waals surface area contributed by atoms with Gasteiger partial charge in [0.15, 0.2) is 5.78 Å². The SMILES string of the molecule is CC(C)(CO)CC(C)(C)CNCC(=O)C(C)(C)C. The lowest BCUT2D eigenvalue weighted by Gasteiger charge is -2.34. The van der Waals surface area contributed by atoms with Crippen LogP contribution < -0.4 is 5.32 Å². The van der Waals surface area contributed by atoms with E-state index < -0.39 is 0 Å². The van der Waals surface area contributed by atoms with Gasteiger partial charge >= 0.3 is 0 Å². The minimum atomic E-state index is -0.276. The lowest BCUT2D eigenvalue weighted by Crippen LogP contribution is -2.39. The minimum Gasteiger partial charge on any atom is -0.396 e. The topological polar surface area (TPSA) is 49.3 Å². The molecule has 0 aliphatic heterocycles. The number of aliphatic hydroxyl groups is 1. The highest BCUT2D eigenvalue weighted by molar-refractivity contribution is 5.85. The Bertz CT molecular complexity index is 275. The van der Waals surface area contributed by atoms with Gasteiger partial charge in [0.2, 0.25) is 0 Å². The van der Waals surface area contributed by atoms with Gasteiger partial charge in [-0.3, -0.25) is 4.79 Å². The number of nitrogens with one attached hydrogen (secondary N) is 1. The van der Waals surface area contributed by atoms with E-state index >= 15 is 0 Å². The molecule has 0 rings (SSSR count). The molecule has 0 radical (unpaired) electrons. The molecular weight excluding hydrogens is 226 g/mol. The lowest BCUT2D eigenvalue weighted by molar-refractivity contribution is -0.125. The Labute approximate surface area is 112 Å². The molecule has 2 N–H and O–H groups in total. The minimum absolute atomic E-state index is 0.0702. The predicted octanol–water partition coefficient (Wildman–Crippen LogP) is 2.63. The third kappa shape index (κ3) is 7.12. The van der Waals surface area contributed by atoms with Crippen LogP contribution in [0.5, 0.6) is 0 Å². The summed E-state index contributed by atoms with van der Waals surface area (Å²) in [5, 5.41) is 12.6. The van der Waals surface area contributed by atoms with Gasteiger partial charge < -0.3 is 10.4 Å². The molecule has 3 nitrogen and oxygen atoms in total. The van der Waals surface area contributed by atoms with Gasteiger partial charge in [-0.25, -0.2) is 0 Å². The fourth-order valence-corrected chi connectivity index (χ4v) is 2.19. The molecule has 0 aromatic rings. The maximum absolute atomic E-state index is 11.8. The molecule has 3 heteroatoms. The summed E-state index contributed by atoms with van der Waals surface area (Å²) in [5.74, 6) is 0.236. The summed E-state index contributed by atoms with van der Waals surface area (Å²) in [6.07, 6.45) is 0.924. The van der Waals surface area contributed by atoms with Gasteiger partial charge in [0.25, 0.3) is 0 Å². The molecule has 0 heterocycles. The summed E-state index contributed by atoms with van der Waals surface area (Å²) in [4.78, 5) is 11.8. The van der Waals surface area contributed by atoms with Gasteiger partial charge in [-0.2, -0.15) is 0 Å². The highest BCUT2D eigenvalue weighted by Crippen LogP contribution is 2.32. The molecule has 0 aliphatic rings. The standard InChI is InChI=1S/C15H31NO2/c1-13(2,3)12(18)8-16-10-14(4,5)9-15(6,7)11-17/h16-17H,8-11H2,1-7H3. The smallest absolute Gasteiger partial charge is 0.151 e. The fraction of sp³-hybridized carbons (Fsp3) is 0.933. The van der Waals surface area contributed by atoms with Crippen molar-refractivity contribution < 1.29 is 9.90 Å². The molecule has 0 fully saturated rings. The Kier molecular flexibility index (Phi) is 6.02. The van der Waals surface area contributed by atoms with Crippen LogP contribution in [0.1, 0.15) is 54.9 Å². The van der Waals surface area contributed by atoms with Crippen molar-refractivity contribution in [1.82, 2.24) is 5.32 Å². The van der Waals surface area contributed by atoms with Gasteiger partial charge in [-0.15, -0.1) is 0 Å². The number of hydrogen-bond acceptors (Lipinski definition) is 3. The Balaban J connectivity index is 4.17. The average molecular weight is 257 g/mol. The van der Waals surface area contributed by atoms with Crippen molar-refractivity contribution in [3.8, 4) is 0 Å². The average Bonchev–Trinajstić information content (AvgIpc) is 2.14. The van der Waals surface area contributed by atoms with E-state index in [0.29, 0.717) is 6.54 Å². The van der Waals surface area contributed by atoms with Crippen molar-refractivity contribution in [1.29, 1.82) is 0 Å². The second-order valence-corrected chi connectivity index (χ2v) is 7.94. The van der Waals surface area contributed by atoms with Crippen molar-refractivity contribution in [2.24, 2.45) is 16.2 Å². The third-order valence-corrected chi connectivity index (χ3v) is 3.11. The van der Waals surface area contributed by atoms with Gasteiger partial charge in [-0.05, 0) is 17.3 Å². The zero-order valence-electron chi connectivity index (χ0n) is 13.2. The number of Topliss-reactive ketones (excluding diaryl/α,β-unsaturated/α-hetero) is 1. The molecule has 0 amide bonds. The first-order chi connectivity index (χ1) is 7.90. The molecule has 0 atom stereocenters. The summed E-state index contributed by atoms with van der Waals surface area (Å²) in [6, 6.07) is 0. The van der Waals surface area contributed by atoms with E-state index in [9.17, 15) is 9.90 Å². The van der Waals surface area contributed by atoms with Crippen molar-refractivity contribution in [2.75, 3.05) is 19.7 Å². The molecule has 0 aliphatic carbocycles. The molecule has 0 spiro atoms. The molecule has 0 saturated carbocycles. The summed E-state index contributed by atoms with van der Waals surface area (Å²) in [7, 11) is 0. The molecule has 0 unspecified atom stereocenters. The number of carbonyl (C=O) groups is 1. The maximum atomic E-state index is 11.8. The van der Waals surface area contributed by atoms with E-state index in [2.05, 4.69) is 33.0 Å². The number of carbonyl (C=O) groups excluding carboxylic acids is 1. The Morgan fingerprint density at radius 3 is 1.89 bits per heavy atom. The molecule has 0 saturated heterocycles. The zero-order chi connectivity index (χ0) is 14.6. The summed E-state index contributed by atoms with van der Waals surface area (Å²) in [6.45, 7) is 15.7. The van der Waals surface area contributed by atoms with Crippen LogP contribution in [-0.2, 0) is 4.79 Å². The lowest BCUT2D eigenvalue weighted by atomic mass is 9.75. The maximum Gasteiger partial charge on any atom is 0.151 e. The van der Waals surface area contributed by atoms with Crippen LogP contribution in [0.4, 0.5) is 0 Å². The molecular formula is C15H31NO2. The normalized spacial score (nSPS) is 13.8. The van der Waals surface area contributed by atoms with Crippen LogP contribution in [0.2, 0.25) is 0 Å². The number of hydrogen-bond donors (Lipinski definition) is 2. The van der Waals surface area contributed by atoms with Gasteiger partial charge in [0.05, 0.1) is 6.54 Å². The summed E-state index contributed by atoms with van der Waals surface area (Å²) < 4.78 is 0. The Morgan fingerprint density at radius 1 is 1.00 bits per heavy atom. The van der Waals surface area contributed by atoms with Gasteiger partial charge in [-0.1, -0.05) is 48.5 Å². The monoisotopic (exact) mass is 257 g/mol. The first-order valence-electron chi connectivity index (χ1n) is 6.75. The first-order valence-corrected chi connectivity index (χ1v) is 6.75. The summed E-state index contributed by atoms with van der Waals surface area (Å²) in [5.41, 5.74) is -0.273. The van der Waals surface area contributed by atoms with Gasteiger partial charge in [0.1, 0.15) is 0 Å². The Morgan fingerprint density at radius 2 is 1.50 bits per heavy atom. The molecule has 0 aromatic heterocycles. The van der Waals surface area contributed by atoms with Crippen LogP contribution in [0.25, 0.3) is 0 Å². The van der Waals surface area contributed by atoms with Crippen LogP contribution in [0.3, 0.4) is 0 Å². The Hall–Kier alpha value is -0.410. The van der Waals surface area contributed by atoms with E-state index in [4.69, 9.17) is 0 Å². The van der Waals surface area contributed by atoms with E-state index in [1.54, 1.807) is 0 Å². The van der Waals surface area contributed by atoms with E-state index in [1.807, 2.05) is 20.8 Å². The second kappa shape index (κ2) is 6.16. The highest BCUT2D eigenvalue weighted by Gasteiger charge is 2.28. The molecule has 18 heavy (non-hydrogen) atoms. The molecule has 0 aromatic carbocycles. The van der Waals surface area contributed by atoms with Crippen LogP contribution in [0.15, 0.2) is 0 Å². The quantitative estimate of drug-likeness (QED) is 0.737. The van der Waals surface area contributed by atoms with Crippen molar-refractivity contribution in [3.63, 3.8) is 0 Å². The van der Waals surface area contributed by atoms with Crippen LogP contribution in [0, 0.1) is 16.2 Å². The van der Waals surface area contributed by atoms with E-state index in [-0.39, 0.29) is 28.6 Å². The van der Waals surface area contributed by atoms with Crippen molar-refractivity contribution in [2.45, 2.75) is 54.9 Å². The first kappa shape index (κ1) is 17.6. The zero-order valence-corrected chi connectivity index (χ0v) is 13.2. The number of rotatable bonds is 7. The fourth-order valence-electron chi connectivity index (χ4n) is 2.19. The molecule has 0 bridgehead atoms. The van der Waals surface area contributed by atoms with Crippen LogP contribution in [-0.4, -0.2) is 30.6 Å².